The number of alkyl halides is 2. The number of halogens is 2. The average molecular weight is 282 g/mol. The number of amides is 1. The van der Waals surface area contributed by atoms with E-state index in [0.29, 0.717) is 12.8 Å². The lowest BCUT2D eigenvalue weighted by Gasteiger charge is -2.29. The normalized spacial score (nSPS) is 23.5. The maximum atomic E-state index is 14.0. The zero-order chi connectivity index (χ0) is 14.6. The number of rotatable bonds is 5. The van der Waals surface area contributed by atoms with Gasteiger partial charge in [0.2, 0.25) is 5.91 Å². The molecule has 5 heteroatoms. The zero-order valence-corrected chi connectivity index (χ0v) is 11.3. The Morgan fingerprint density at radius 1 is 1.20 bits per heavy atom. The van der Waals surface area contributed by atoms with Gasteiger partial charge in [-0.15, -0.1) is 0 Å². The predicted molar refractivity (Wildman–Crippen MR) is 73.3 cm³/mol. The van der Waals surface area contributed by atoms with Crippen LogP contribution in [0.3, 0.4) is 0 Å². The second-order valence-electron chi connectivity index (χ2n) is 5.40. The minimum atomic E-state index is -2.87. The Hall–Kier alpha value is -1.49. The molecule has 1 amide bonds. The van der Waals surface area contributed by atoms with Crippen molar-refractivity contribution in [3.63, 3.8) is 0 Å². The summed E-state index contributed by atoms with van der Waals surface area (Å²) in [5, 5.41) is 2.92. The van der Waals surface area contributed by atoms with Gasteiger partial charge in [0, 0.05) is 17.5 Å². The molecule has 110 valence electrons. The van der Waals surface area contributed by atoms with Gasteiger partial charge in [-0.05, 0) is 25.7 Å². The van der Waals surface area contributed by atoms with Crippen molar-refractivity contribution in [1.29, 1.82) is 0 Å². The number of nitrogens with one attached hydrogen (secondary N) is 1. The molecule has 1 aromatic carbocycles. The maximum absolute atomic E-state index is 14.0. The van der Waals surface area contributed by atoms with E-state index in [9.17, 15) is 13.6 Å². The van der Waals surface area contributed by atoms with Gasteiger partial charge in [0.1, 0.15) is 0 Å². The van der Waals surface area contributed by atoms with Crippen LogP contribution in [-0.2, 0) is 10.7 Å². The molecule has 1 saturated carbocycles. The number of carbonyl (C=O) groups excluding carboxylic acids is 1. The molecule has 0 saturated heterocycles. The van der Waals surface area contributed by atoms with Crippen molar-refractivity contribution in [3.8, 4) is 0 Å². The topological polar surface area (TPSA) is 55.1 Å². The number of benzene rings is 1. The Kier molecular flexibility index (Phi) is 4.70. The summed E-state index contributed by atoms with van der Waals surface area (Å²) in [4.78, 5) is 11.0. The smallest absolute Gasteiger partial charge is 0.285 e. The van der Waals surface area contributed by atoms with Gasteiger partial charge < -0.3 is 11.1 Å². The first-order chi connectivity index (χ1) is 9.49. The molecule has 1 aromatic rings. The van der Waals surface area contributed by atoms with Crippen molar-refractivity contribution in [2.45, 2.75) is 37.6 Å². The van der Waals surface area contributed by atoms with Crippen LogP contribution in [0, 0.1) is 5.92 Å². The molecule has 0 aromatic heterocycles. The van der Waals surface area contributed by atoms with Crippen molar-refractivity contribution in [2.24, 2.45) is 11.7 Å². The summed E-state index contributed by atoms with van der Waals surface area (Å²) >= 11 is 0. The van der Waals surface area contributed by atoms with E-state index < -0.39 is 5.92 Å². The summed E-state index contributed by atoms with van der Waals surface area (Å²) in [6.45, 7) is -0.372. The van der Waals surface area contributed by atoms with E-state index in [0.717, 1.165) is 12.8 Å². The first-order valence-electron chi connectivity index (χ1n) is 6.95. The molecule has 1 fully saturated rings. The van der Waals surface area contributed by atoms with Gasteiger partial charge in [-0.3, -0.25) is 4.79 Å². The van der Waals surface area contributed by atoms with Crippen LogP contribution in [0.5, 0.6) is 0 Å². The number of hydrogen-bond donors (Lipinski definition) is 2. The van der Waals surface area contributed by atoms with E-state index in [1.54, 1.807) is 18.2 Å². The standard InChI is InChI=1S/C15H20F2N2O/c16-15(17,12-4-2-1-3-5-12)10-19-13-8-6-11(7-9-13)14(18)20/h1-5,11,13,19H,6-10H2,(H2,18,20). The SMILES string of the molecule is NC(=O)C1CCC(NCC(F)(F)c2ccccc2)CC1. The van der Waals surface area contributed by atoms with Crippen LogP contribution in [0.15, 0.2) is 30.3 Å². The third kappa shape index (κ3) is 3.76. The molecule has 3 N–H and O–H groups in total. The average Bonchev–Trinajstić information content (AvgIpc) is 2.46. The van der Waals surface area contributed by atoms with E-state index in [4.69, 9.17) is 5.73 Å². The molecule has 1 aliphatic rings. The molecular formula is C15H20F2N2O. The quantitative estimate of drug-likeness (QED) is 0.871. The molecule has 20 heavy (non-hydrogen) atoms. The van der Waals surface area contributed by atoms with Crippen molar-refractivity contribution >= 4 is 5.91 Å². The van der Waals surface area contributed by atoms with E-state index in [1.807, 2.05) is 0 Å². The molecule has 0 heterocycles. The van der Waals surface area contributed by atoms with Crippen molar-refractivity contribution in [2.75, 3.05) is 6.54 Å². The lowest BCUT2D eigenvalue weighted by atomic mass is 9.85. The van der Waals surface area contributed by atoms with Crippen LogP contribution in [0.2, 0.25) is 0 Å². The van der Waals surface area contributed by atoms with Crippen molar-refractivity contribution in [1.82, 2.24) is 5.32 Å². The van der Waals surface area contributed by atoms with Gasteiger partial charge in [0.25, 0.3) is 5.92 Å². The minimum Gasteiger partial charge on any atom is -0.369 e. The highest BCUT2D eigenvalue weighted by Gasteiger charge is 2.33. The Bertz CT molecular complexity index is 442. The maximum Gasteiger partial charge on any atom is 0.285 e. The number of hydrogen-bond acceptors (Lipinski definition) is 2. The molecule has 0 atom stereocenters. The molecule has 2 rings (SSSR count). The van der Waals surface area contributed by atoms with E-state index >= 15 is 0 Å². The monoisotopic (exact) mass is 282 g/mol. The summed E-state index contributed by atoms with van der Waals surface area (Å²) in [6.07, 6.45) is 2.81. The van der Waals surface area contributed by atoms with Gasteiger partial charge in [-0.25, -0.2) is 0 Å². The number of nitrogens with two attached hydrogens (primary N) is 1. The fourth-order valence-electron chi connectivity index (χ4n) is 2.64. The molecule has 3 nitrogen and oxygen atoms in total. The summed E-state index contributed by atoms with van der Waals surface area (Å²) in [5.74, 6) is -3.25. The molecule has 0 unspecified atom stereocenters. The first-order valence-corrected chi connectivity index (χ1v) is 6.95. The van der Waals surface area contributed by atoms with Crippen LogP contribution in [-0.4, -0.2) is 18.5 Å². The summed E-state index contributed by atoms with van der Waals surface area (Å²) in [6, 6.07) is 7.86. The van der Waals surface area contributed by atoms with Gasteiger partial charge >= 0.3 is 0 Å². The van der Waals surface area contributed by atoms with Crippen molar-refractivity contribution < 1.29 is 13.6 Å². The van der Waals surface area contributed by atoms with Gasteiger partial charge in [0.15, 0.2) is 0 Å². The van der Waals surface area contributed by atoms with Crippen LogP contribution in [0.4, 0.5) is 8.78 Å². The van der Waals surface area contributed by atoms with E-state index in [2.05, 4.69) is 5.32 Å². The molecule has 0 bridgehead atoms. The zero-order valence-electron chi connectivity index (χ0n) is 11.3. The van der Waals surface area contributed by atoms with Crippen LogP contribution in [0.1, 0.15) is 31.2 Å². The number of carbonyl (C=O) groups is 1. The highest BCUT2D eigenvalue weighted by Crippen LogP contribution is 2.29. The predicted octanol–water partition coefficient (Wildman–Crippen LogP) is 2.41. The van der Waals surface area contributed by atoms with Gasteiger partial charge in [-0.1, -0.05) is 30.3 Å². The van der Waals surface area contributed by atoms with Gasteiger partial charge in [-0.2, -0.15) is 8.78 Å². The Labute approximate surface area is 117 Å². The molecule has 1 aliphatic carbocycles. The Morgan fingerprint density at radius 2 is 1.80 bits per heavy atom. The second-order valence-corrected chi connectivity index (χ2v) is 5.40. The van der Waals surface area contributed by atoms with Gasteiger partial charge in [0.05, 0.1) is 6.54 Å². The fourth-order valence-corrected chi connectivity index (χ4v) is 2.64. The summed E-state index contributed by atoms with van der Waals surface area (Å²) < 4.78 is 28.0. The molecular weight excluding hydrogens is 262 g/mol. The summed E-state index contributed by atoms with van der Waals surface area (Å²) in [5.41, 5.74) is 5.28. The van der Waals surface area contributed by atoms with E-state index in [-0.39, 0.29) is 30.0 Å². The first kappa shape index (κ1) is 14.9. The lowest BCUT2D eigenvalue weighted by Crippen LogP contribution is -2.41. The Balaban J connectivity index is 1.82. The molecule has 0 spiro atoms. The van der Waals surface area contributed by atoms with Crippen LogP contribution >= 0.6 is 0 Å². The highest BCUT2D eigenvalue weighted by molar-refractivity contribution is 5.76. The van der Waals surface area contributed by atoms with E-state index in [1.165, 1.54) is 12.1 Å². The number of primary amides is 1. The molecule has 0 aliphatic heterocycles. The third-order valence-corrected chi connectivity index (χ3v) is 3.94. The minimum absolute atomic E-state index is 0.0262. The van der Waals surface area contributed by atoms with Crippen molar-refractivity contribution in [3.05, 3.63) is 35.9 Å². The second kappa shape index (κ2) is 6.31. The fraction of sp³-hybridized carbons (Fsp3) is 0.533. The molecule has 0 radical (unpaired) electrons. The third-order valence-electron chi connectivity index (χ3n) is 3.94. The van der Waals surface area contributed by atoms with Crippen LogP contribution in [0.25, 0.3) is 0 Å². The lowest BCUT2D eigenvalue weighted by molar-refractivity contribution is -0.122. The Morgan fingerprint density at radius 3 is 2.35 bits per heavy atom. The largest absolute Gasteiger partial charge is 0.369 e. The summed E-state index contributed by atoms with van der Waals surface area (Å²) in [7, 11) is 0. The highest BCUT2D eigenvalue weighted by atomic mass is 19.3. The van der Waals surface area contributed by atoms with Crippen LogP contribution < -0.4 is 11.1 Å².